The lowest BCUT2D eigenvalue weighted by Gasteiger charge is -2.32. The molecule has 5 nitrogen and oxygen atoms in total. The predicted molar refractivity (Wildman–Crippen MR) is 104 cm³/mol. The number of benzene rings is 1. The largest absolute Gasteiger partial charge is 0.468 e. The molecular formula is C22H28O5. The van der Waals surface area contributed by atoms with E-state index in [9.17, 15) is 9.59 Å². The highest BCUT2D eigenvalue weighted by Crippen LogP contribution is 2.51. The third-order valence-corrected chi connectivity index (χ3v) is 5.42. The third kappa shape index (κ3) is 4.30. The third-order valence-electron chi connectivity index (χ3n) is 5.42. The molecule has 0 radical (unpaired) electrons. The summed E-state index contributed by atoms with van der Waals surface area (Å²) in [6.45, 7) is 3.91. The first-order chi connectivity index (χ1) is 12.8. The fraction of sp³-hybridized carbons (Fsp3) is 0.455. The van der Waals surface area contributed by atoms with E-state index >= 15 is 0 Å². The summed E-state index contributed by atoms with van der Waals surface area (Å²) in [5.41, 5.74) is 0.152. The van der Waals surface area contributed by atoms with Gasteiger partial charge in [-0.1, -0.05) is 54.1 Å². The summed E-state index contributed by atoms with van der Waals surface area (Å²) in [5, 5.41) is 0. The Morgan fingerprint density at radius 2 is 1.67 bits per heavy atom. The highest BCUT2D eigenvalue weighted by Gasteiger charge is 2.58. The van der Waals surface area contributed by atoms with Crippen molar-refractivity contribution in [1.82, 2.24) is 0 Å². The average Bonchev–Trinajstić information content (AvgIpc) is 3.09. The van der Waals surface area contributed by atoms with E-state index in [1.165, 1.54) is 14.2 Å². The molecule has 0 heterocycles. The van der Waals surface area contributed by atoms with Gasteiger partial charge >= 0.3 is 11.9 Å². The molecule has 146 valence electrons. The van der Waals surface area contributed by atoms with Gasteiger partial charge in [-0.25, -0.2) is 0 Å². The highest BCUT2D eigenvalue weighted by atomic mass is 16.5. The molecule has 0 bridgehead atoms. The lowest BCUT2D eigenvalue weighted by molar-refractivity contribution is -0.169. The Kier molecular flexibility index (Phi) is 6.60. The van der Waals surface area contributed by atoms with Crippen LogP contribution in [0.4, 0.5) is 0 Å². The molecule has 0 aliphatic heterocycles. The molecule has 0 spiro atoms. The lowest BCUT2D eigenvalue weighted by atomic mass is 9.81. The quantitative estimate of drug-likeness (QED) is 0.561. The molecule has 0 aromatic heterocycles. The zero-order valence-electron chi connectivity index (χ0n) is 16.7. The number of carbonyl (C=O) groups is 2. The highest BCUT2D eigenvalue weighted by molar-refractivity contribution is 6.01. The van der Waals surface area contributed by atoms with Crippen LogP contribution in [0.2, 0.25) is 0 Å². The maximum Gasteiger partial charge on any atom is 0.323 e. The number of hydrogen-bond donors (Lipinski definition) is 0. The van der Waals surface area contributed by atoms with E-state index in [-0.39, 0.29) is 18.8 Å². The van der Waals surface area contributed by atoms with Crippen LogP contribution in [0.5, 0.6) is 0 Å². The van der Waals surface area contributed by atoms with Crippen molar-refractivity contribution in [2.75, 3.05) is 21.3 Å². The van der Waals surface area contributed by atoms with Crippen LogP contribution in [0.3, 0.4) is 0 Å². The Bertz CT molecular complexity index is 714. The second kappa shape index (κ2) is 8.53. The minimum absolute atomic E-state index is 0.124. The Hall–Kier alpha value is -2.40. The standard InChI is InChI=1S/C22H28O5/c1-21(2,27-5)18-15-22(19(23)25-3,20(24)26-4)14-17(18)13-9-12-16-10-7-6-8-11-16/h6-13,18H,14-15H2,1-5H3/b12-9+,17-13-. The first-order valence-electron chi connectivity index (χ1n) is 8.95. The number of esters is 2. The van der Waals surface area contributed by atoms with Crippen molar-refractivity contribution in [3.8, 4) is 0 Å². The lowest BCUT2D eigenvalue weighted by Crippen LogP contribution is -2.41. The van der Waals surface area contributed by atoms with Gasteiger partial charge in [0, 0.05) is 13.0 Å². The Labute approximate surface area is 161 Å². The Morgan fingerprint density at radius 3 is 2.19 bits per heavy atom. The zero-order valence-corrected chi connectivity index (χ0v) is 16.7. The van der Waals surface area contributed by atoms with Crippen molar-refractivity contribution in [1.29, 1.82) is 0 Å². The molecule has 2 rings (SSSR count). The van der Waals surface area contributed by atoms with Crippen molar-refractivity contribution >= 4 is 18.0 Å². The predicted octanol–water partition coefficient (Wildman–Crippen LogP) is 3.79. The number of methoxy groups -OCH3 is 3. The summed E-state index contributed by atoms with van der Waals surface area (Å²) in [7, 11) is 4.22. The van der Waals surface area contributed by atoms with E-state index in [2.05, 4.69) is 0 Å². The summed E-state index contributed by atoms with van der Waals surface area (Å²) in [5.74, 6) is -1.26. The first-order valence-corrected chi connectivity index (χ1v) is 8.95. The molecule has 0 saturated heterocycles. The van der Waals surface area contributed by atoms with Crippen LogP contribution < -0.4 is 0 Å². The minimum atomic E-state index is -1.34. The number of rotatable bonds is 6. The maximum absolute atomic E-state index is 12.5. The van der Waals surface area contributed by atoms with E-state index in [0.717, 1.165) is 11.1 Å². The van der Waals surface area contributed by atoms with Crippen LogP contribution in [0.25, 0.3) is 6.08 Å². The zero-order chi connectivity index (χ0) is 20.1. The molecule has 5 heteroatoms. The van der Waals surface area contributed by atoms with Gasteiger partial charge in [-0.05, 0) is 32.3 Å². The van der Waals surface area contributed by atoms with E-state index in [1.807, 2.05) is 62.4 Å². The SMILES string of the molecule is COC(=O)C1(C(=O)OC)C/C(=C/C=C/c2ccccc2)C(C(C)(C)OC)C1. The molecule has 1 atom stereocenters. The van der Waals surface area contributed by atoms with Crippen LogP contribution in [-0.2, 0) is 23.8 Å². The van der Waals surface area contributed by atoms with Gasteiger partial charge < -0.3 is 14.2 Å². The van der Waals surface area contributed by atoms with Crippen molar-refractivity contribution in [3.63, 3.8) is 0 Å². The van der Waals surface area contributed by atoms with Crippen molar-refractivity contribution in [2.45, 2.75) is 32.3 Å². The summed E-state index contributed by atoms with van der Waals surface area (Å²) in [6, 6.07) is 9.92. The van der Waals surface area contributed by atoms with Crippen LogP contribution in [-0.4, -0.2) is 38.9 Å². The van der Waals surface area contributed by atoms with E-state index in [0.29, 0.717) is 0 Å². The van der Waals surface area contributed by atoms with Crippen LogP contribution in [0, 0.1) is 11.3 Å². The summed E-state index contributed by atoms with van der Waals surface area (Å²) < 4.78 is 15.6. The fourth-order valence-electron chi connectivity index (χ4n) is 3.67. The number of carbonyl (C=O) groups excluding carboxylic acids is 2. The van der Waals surface area contributed by atoms with Crippen molar-refractivity contribution in [3.05, 3.63) is 53.6 Å². The molecular weight excluding hydrogens is 344 g/mol. The molecule has 1 saturated carbocycles. The molecule has 1 fully saturated rings. The van der Waals surface area contributed by atoms with Crippen LogP contribution >= 0.6 is 0 Å². The number of ether oxygens (including phenoxy) is 3. The minimum Gasteiger partial charge on any atom is -0.468 e. The molecule has 1 aromatic rings. The summed E-state index contributed by atoms with van der Waals surface area (Å²) in [6.07, 6.45) is 6.43. The van der Waals surface area contributed by atoms with Gasteiger partial charge in [-0.2, -0.15) is 0 Å². The molecule has 1 aliphatic carbocycles. The number of hydrogen-bond acceptors (Lipinski definition) is 5. The van der Waals surface area contributed by atoms with Gasteiger partial charge in [-0.15, -0.1) is 0 Å². The molecule has 1 aliphatic rings. The molecule has 27 heavy (non-hydrogen) atoms. The molecule has 1 aromatic carbocycles. The van der Waals surface area contributed by atoms with Crippen molar-refractivity contribution in [2.24, 2.45) is 11.3 Å². The van der Waals surface area contributed by atoms with Gasteiger partial charge in [0.1, 0.15) is 0 Å². The Balaban J connectivity index is 2.43. The van der Waals surface area contributed by atoms with Gasteiger partial charge in [-0.3, -0.25) is 9.59 Å². The van der Waals surface area contributed by atoms with E-state index < -0.39 is 23.0 Å². The summed E-state index contributed by atoms with van der Waals surface area (Å²) >= 11 is 0. The Morgan fingerprint density at radius 1 is 1.07 bits per heavy atom. The monoisotopic (exact) mass is 372 g/mol. The van der Waals surface area contributed by atoms with Crippen molar-refractivity contribution < 1.29 is 23.8 Å². The van der Waals surface area contributed by atoms with E-state index in [1.54, 1.807) is 7.11 Å². The molecule has 0 amide bonds. The first kappa shape index (κ1) is 20.9. The van der Waals surface area contributed by atoms with Gasteiger partial charge in [0.25, 0.3) is 0 Å². The second-order valence-corrected chi connectivity index (χ2v) is 7.32. The summed E-state index contributed by atoms with van der Waals surface area (Å²) in [4.78, 5) is 25.1. The van der Waals surface area contributed by atoms with Crippen LogP contribution in [0.15, 0.2) is 48.1 Å². The normalized spacial score (nSPS) is 20.8. The molecule has 0 N–H and O–H groups in total. The smallest absolute Gasteiger partial charge is 0.323 e. The maximum atomic E-state index is 12.5. The van der Waals surface area contributed by atoms with Gasteiger partial charge in [0.05, 0.1) is 19.8 Å². The van der Waals surface area contributed by atoms with Gasteiger partial charge in [0.15, 0.2) is 5.41 Å². The van der Waals surface area contributed by atoms with E-state index in [4.69, 9.17) is 14.2 Å². The van der Waals surface area contributed by atoms with Gasteiger partial charge in [0.2, 0.25) is 0 Å². The number of allylic oxidation sites excluding steroid dienone is 2. The average molecular weight is 372 g/mol. The topological polar surface area (TPSA) is 61.8 Å². The van der Waals surface area contributed by atoms with Crippen LogP contribution in [0.1, 0.15) is 32.3 Å². The fourth-order valence-corrected chi connectivity index (χ4v) is 3.67. The molecule has 1 unspecified atom stereocenters. The second-order valence-electron chi connectivity index (χ2n) is 7.32.